The van der Waals surface area contributed by atoms with E-state index in [0.717, 1.165) is 38.0 Å². The Kier molecular flexibility index (Phi) is 3.06. The first-order valence-corrected chi connectivity index (χ1v) is 5.83. The lowest BCUT2D eigenvalue weighted by Crippen LogP contribution is -2.28. The average molecular weight is 221 g/mol. The summed E-state index contributed by atoms with van der Waals surface area (Å²) in [6.07, 6.45) is 2.62. The van der Waals surface area contributed by atoms with Crippen LogP contribution in [0, 0.1) is 0 Å². The van der Waals surface area contributed by atoms with E-state index >= 15 is 0 Å². The Morgan fingerprint density at radius 1 is 1.25 bits per heavy atom. The van der Waals surface area contributed by atoms with Crippen LogP contribution < -0.4 is 4.90 Å². The number of aliphatic hydroxyl groups is 1. The molecule has 3 nitrogen and oxygen atoms in total. The number of anilines is 1. The molecular weight excluding hydrogens is 202 g/mol. The molecule has 0 spiro atoms. The van der Waals surface area contributed by atoms with Crippen molar-refractivity contribution in [2.75, 3.05) is 18.0 Å². The lowest BCUT2D eigenvalue weighted by molar-refractivity contribution is 0.0481. The summed E-state index contributed by atoms with van der Waals surface area (Å²) in [5.74, 6) is 0.300. The van der Waals surface area contributed by atoms with Crippen LogP contribution in [0.25, 0.3) is 0 Å². The van der Waals surface area contributed by atoms with Crippen LogP contribution >= 0.6 is 0 Å². The summed E-state index contributed by atoms with van der Waals surface area (Å²) < 4.78 is 0. The van der Waals surface area contributed by atoms with Gasteiger partial charge >= 0.3 is 0 Å². The minimum atomic E-state index is -0.536. The highest BCUT2D eigenvalue weighted by molar-refractivity contribution is 5.50. The number of hydrogen-bond donors (Lipinski definition) is 2. The lowest BCUT2D eigenvalue weighted by atomic mass is 9.98. The molecule has 0 aliphatic carbocycles. The maximum absolute atomic E-state index is 10.00. The predicted molar refractivity (Wildman–Crippen MR) is 64.8 cm³/mol. The molecule has 3 heteroatoms. The Balaban J connectivity index is 2.11. The Morgan fingerprint density at radius 3 is 2.81 bits per heavy atom. The molecule has 1 atom stereocenters. The standard InChI is InChI=1S/C13H19NO2/c1-13(16)6-3-8-14(9-7-13)11-4-2-5-12(15)10-11/h2,4-5,10,15-16H,3,6-9H2,1H3. The summed E-state index contributed by atoms with van der Waals surface area (Å²) in [6.45, 7) is 3.69. The molecule has 1 fully saturated rings. The lowest BCUT2D eigenvalue weighted by Gasteiger charge is -2.24. The van der Waals surface area contributed by atoms with Crippen molar-refractivity contribution in [3.63, 3.8) is 0 Å². The van der Waals surface area contributed by atoms with E-state index < -0.39 is 5.60 Å². The van der Waals surface area contributed by atoms with Crippen LogP contribution in [0.3, 0.4) is 0 Å². The number of hydrogen-bond acceptors (Lipinski definition) is 3. The molecule has 1 aromatic carbocycles. The van der Waals surface area contributed by atoms with Gasteiger partial charge in [-0.3, -0.25) is 0 Å². The van der Waals surface area contributed by atoms with E-state index in [1.807, 2.05) is 19.1 Å². The van der Waals surface area contributed by atoms with Crippen molar-refractivity contribution in [3.05, 3.63) is 24.3 Å². The van der Waals surface area contributed by atoms with Gasteiger partial charge in [0.1, 0.15) is 5.75 Å². The largest absolute Gasteiger partial charge is 0.508 e. The van der Waals surface area contributed by atoms with Gasteiger partial charge in [-0.25, -0.2) is 0 Å². The minimum absolute atomic E-state index is 0.300. The van der Waals surface area contributed by atoms with E-state index in [1.165, 1.54) is 0 Å². The quantitative estimate of drug-likeness (QED) is 0.763. The molecule has 1 unspecified atom stereocenters. The number of phenolic OH excluding ortho intramolecular Hbond substituents is 1. The van der Waals surface area contributed by atoms with Crippen LogP contribution in [0.5, 0.6) is 5.75 Å². The molecule has 2 N–H and O–H groups in total. The van der Waals surface area contributed by atoms with E-state index in [1.54, 1.807) is 12.1 Å². The molecule has 1 aliphatic rings. The summed E-state index contributed by atoms with van der Waals surface area (Å²) in [4.78, 5) is 2.22. The first-order chi connectivity index (χ1) is 7.57. The summed E-state index contributed by atoms with van der Waals surface area (Å²) in [5, 5.41) is 19.4. The zero-order chi connectivity index (χ0) is 11.6. The highest BCUT2D eigenvalue weighted by atomic mass is 16.3. The van der Waals surface area contributed by atoms with Crippen LogP contribution in [-0.2, 0) is 0 Å². The van der Waals surface area contributed by atoms with Crippen molar-refractivity contribution in [3.8, 4) is 5.75 Å². The second kappa shape index (κ2) is 4.34. The third-order valence-corrected chi connectivity index (χ3v) is 3.26. The van der Waals surface area contributed by atoms with Crippen LogP contribution in [0.4, 0.5) is 5.69 Å². The average Bonchev–Trinajstić information content (AvgIpc) is 2.39. The SMILES string of the molecule is CC1(O)CCCN(c2cccc(O)c2)CC1. The summed E-state index contributed by atoms with van der Waals surface area (Å²) >= 11 is 0. The molecule has 16 heavy (non-hydrogen) atoms. The van der Waals surface area contributed by atoms with Gasteiger partial charge in [-0.2, -0.15) is 0 Å². The van der Waals surface area contributed by atoms with E-state index in [2.05, 4.69) is 4.90 Å². The third kappa shape index (κ3) is 2.67. The molecule has 0 radical (unpaired) electrons. The van der Waals surface area contributed by atoms with Crippen molar-refractivity contribution < 1.29 is 10.2 Å². The van der Waals surface area contributed by atoms with Crippen molar-refractivity contribution in [2.24, 2.45) is 0 Å². The molecule has 0 amide bonds. The molecule has 0 bridgehead atoms. The van der Waals surface area contributed by atoms with Gasteiger partial charge in [0.05, 0.1) is 5.60 Å². The molecule has 2 rings (SSSR count). The topological polar surface area (TPSA) is 43.7 Å². The molecule has 0 aromatic heterocycles. The first-order valence-electron chi connectivity index (χ1n) is 5.83. The highest BCUT2D eigenvalue weighted by Gasteiger charge is 2.24. The van der Waals surface area contributed by atoms with Crippen molar-refractivity contribution in [2.45, 2.75) is 31.8 Å². The maximum Gasteiger partial charge on any atom is 0.117 e. The number of aromatic hydroxyl groups is 1. The van der Waals surface area contributed by atoms with E-state index in [0.29, 0.717) is 5.75 Å². The fourth-order valence-electron chi connectivity index (χ4n) is 2.21. The Labute approximate surface area is 96.3 Å². The molecule has 1 heterocycles. The Bertz CT molecular complexity index is 363. The van der Waals surface area contributed by atoms with Crippen molar-refractivity contribution >= 4 is 5.69 Å². The van der Waals surface area contributed by atoms with Crippen molar-refractivity contribution in [1.29, 1.82) is 0 Å². The van der Waals surface area contributed by atoms with Gasteiger partial charge in [-0.1, -0.05) is 6.07 Å². The Hall–Kier alpha value is -1.22. The van der Waals surface area contributed by atoms with Gasteiger partial charge < -0.3 is 15.1 Å². The van der Waals surface area contributed by atoms with Gasteiger partial charge in [0, 0.05) is 24.8 Å². The van der Waals surface area contributed by atoms with E-state index in [-0.39, 0.29) is 0 Å². The second-order valence-corrected chi connectivity index (χ2v) is 4.86. The summed E-state index contributed by atoms with van der Waals surface area (Å²) in [5.41, 5.74) is 0.503. The monoisotopic (exact) mass is 221 g/mol. The molecule has 0 saturated carbocycles. The van der Waals surface area contributed by atoms with Crippen LogP contribution in [-0.4, -0.2) is 28.9 Å². The number of benzene rings is 1. The van der Waals surface area contributed by atoms with Crippen LogP contribution in [0.15, 0.2) is 24.3 Å². The number of rotatable bonds is 1. The second-order valence-electron chi connectivity index (χ2n) is 4.86. The van der Waals surface area contributed by atoms with Crippen molar-refractivity contribution in [1.82, 2.24) is 0 Å². The molecule has 1 aromatic rings. The van der Waals surface area contributed by atoms with Gasteiger partial charge in [0.25, 0.3) is 0 Å². The van der Waals surface area contributed by atoms with Gasteiger partial charge in [0.15, 0.2) is 0 Å². The van der Waals surface area contributed by atoms with Crippen LogP contribution in [0.2, 0.25) is 0 Å². The zero-order valence-electron chi connectivity index (χ0n) is 9.69. The first kappa shape index (κ1) is 11.3. The highest BCUT2D eigenvalue weighted by Crippen LogP contribution is 2.26. The molecular formula is C13H19NO2. The number of phenols is 1. The summed E-state index contributed by atoms with van der Waals surface area (Å²) in [7, 11) is 0. The third-order valence-electron chi connectivity index (χ3n) is 3.26. The number of nitrogens with zero attached hydrogens (tertiary/aromatic N) is 1. The van der Waals surface area contributed by atoms with Gasteiger partial charge in [-0.05, 0) is 38.3 Å². The van der Waals surface area contributed by atoms with E-state index in [4.69, 9.17) is 0 Å². The molecule has 1 aliphatic heterocycles. The molecule has 88 valence electrons. The molecule has 1 saturated heterocycles. The fraction of sp³-hybridized carbons (Fsp3) is 0.538. The van der Waals surface area contributed by atoms with E-state index in [9.17, 15) is 10.2 Å². The normalized spacial score (nSPS) is 26.5. The van der Waals surface area contributed by atoms with Crippen LogP contribution in [0.1, 0.15) is 26.2 Å². The zero-order valence-corrected chi connectivity index (χ0v) is 9.69. The summed E-state index contributed by atoms with van der Waals surface area (Å²) in [6, 6.07) is 7.31. The van der Waals surface area contributed by atoms with Gasteiger partial charge in [-0.15, -0.1) is 0 Å². The van der Waals surface area contributed by atoms with Gasteiger partial charge in [0.2, 0.25) is 0 Å². The maximum atomic E-state index is 10.00. The minimum Gasteiger partial charge on any atom is -0.508 e. The fourth-order valence-corrected chi connectivity index (χ4v) is 2.21. The predicted octanol–water partition coefficient (Wildman–Crippen LogP) is 2.13. The Morgan fingerprint density at radius 2 is 2.06 bits per heavy atom. The smallest absolute Gasteiger partial charge is 0.117 e.